The molecule has 6 nitrogen and oxygen atoms in total. The van der Waals surface area contributed by atoms with Crippen LogP contribution >= 0.6 is 0 Å². The average Bonchev–Trinajstić information content (AvgIpc) is 2.41. The smallest absolute Gasteiger partial charge is 0.293 e. The lowest BCUT2D eigenvalue weighted by Gasteiger charge is -2.38. The van der Waals surface area contributed by atoms with Gasteiger partial charge in [-0.15, -0.1) is 0 Å². The highest BCUT2D eigenvalue weighted by atomic mass is 16.6. The second kappa shape index (κ2) is 5.48. The first-order chi connectivity index (χ1) is 9.45. The Morgan fingerprint density at radius 2 is 2.15 bits per heavy atom. The summed E-state index contributed by atoms with van der Waals surface area (Å²) in [5.41, 5.74) is 0.928. The minimum Gasteiger partial charge on any atom is -0.379 e. The van der Waals surface area contributed by atoms with Gasteiger partial charge in [0.05, 0.1) is 4.92 Å². The van der Waals surface area contributed by atoms with Crippen LogP contribution in [0, 0.1) is 15.5 Å². The number of benzene rings is 1. The number of hydrogen-bond donors (Lipinski definition) is 2. The molecule has 0 aliphatic heterocycles. The first-order valence-corrected chi connectivity index (χ1v) is 6.70. The summed E-state index contributed by atoms with van der Waals surface area (Å²) in [6, 6.07) is 4.51. The molecule has 0 saturated heterocycles. The minimum absolute atomic E-state index is 0.0611. The van der Waals surface area contributed by atoms with Crippen LogP contribution in [0.25, 0.3) is 0 Å². The molecule has 0 spiro atoms. The first kappa shape index (κ1) is 14.3. The molecule has 0 atom stereocenters. The molecule has 1 aromatic rings. The zero-order valence-corrected chi connectivity index (χ0v) is 11.7. The third-order valence-electron chi connectivity index (χ3n) is 3.95. The van der Waals surface area contributed by atoms with E-state index in [4.69, 9.17) is 0 Å². The number of hydrogen-bond acceptors (Lipinski definition) is 4. The van der Waals surface area contributed by atoms with E-state index in [0.29, 0.717) is 17.8 Å². The number of nitrogens with zero attached hydrogens (tertiary/aromatic N) is 1. The molecule has 1 aliphatic rings. The molecule has 6 heteroatoms. The molecule has 0 unspecified atom stereocenters. The van der Waals surface area contributed by atoms with Crippen LogP contribution in [0.1, 0.15) is 36.5 Å². The van der Waals surface area contributed by atoms with Crippen molar-refractivity contribution in [1.82, 2.24) is 5.32 Å². The van der Waals surface area contributed by atoms with E-state index in [1.165, 1.54) is 19.5 Å². The van der Waals surface area contributed by atoms with Crippen LogP contribution in [0.4, 0.5) is 11.4 Å². The summed E-state index contributed by atoms with van der Waals surface area (Å²) < 4.78 is 0. The van der Waals surface area contributed by atoms with Gasteiger partial charge in [-0.2, -0.15) is 0 Å². The second-order valence-corrected chi connectivity index (χ2v) is 5.59. The summed E-state index contributed by atoms with van der Waals surface area (Å²) in [6.07, 6.45) is 3.50. The normalized spacial score (nSPS) is 16.1. The molecular weight excluding hydrogens is 258 g/mol. The van der Waals surface area contributed by atoms with Gasteiger partial charge in [-0.05, 0) is 30.4 Å². The lowest BCUT2D eigenvalue weighted by molar-refractivity contribution is -0.384. The average molecular weight is 277 g/mol. The highest BCUT2D eigenvalue weighted by molar-refractivity contribution is 5.95. The number of rotatable bonds is 5. The van der Waals surface area contributed by atoms with Crippen molar-refractivity contribution in [3.8, 4) is 0 Å². The van der Waals surface area contributed by atoms with Crippen LogP contribution in [0.2, 0.25) is 0 Å². The Labute approximate surface area is 117 Å². The van der Waals surface area contributed by atoms with E-state index in [0.717, 1.165) is 12.8 Å². The van der Waals surface area contributed by atoms with E-state index in [1.54, 1.807) is 12.1 Å². The fourth-order valence-corrected chi connectivity index (χ4v) is 2.38. The summed E-state index contributed by atoms with van der Waals surface area (Å²) >= 11 is 0. The molecule has 0 heterocycles. The maximum atomic E-state index is 11.5. The Morgan fingerprint density at radius 1 is 1.45 bits per heavy atom. The Hall–Kier alpha value is -2.11. The topological polar surface area (TPSA) is 84.3 Å². The van der Waals surface area contributed by atoms with Crippen molar-refractivity contribution in [3.63, 3.8) is 0 Å². The highest BCUT2D eigenvalue weighted by Gasteiger charge is 2.32. The summed E-state index contributed by atoms with van der Waals surface area (Å²) in [5.74, 6) is -0.328. The van der Waals surface area contributed by atoms with Gasteiger partial charge in [-0.25, -0.2) is 0 Å². The molecule has 2 N–H and O–H groups in total. The monoisotopic (exact) mass is 277 g/mol. The molecule has 2 rings (SSSR count). The molecule has 1 amide bonds. The molecule has 1 aromatic carbocycles. The number of amides is 1. The third-order valence-corrected chi connectivity index (χ3v) is 3.95. The van der Waals surface area contributed by atoms with E-state index < -0.39 is 4.92 Å². The fourth-order valence-electron chi connectivity index (χ4n) is 2.38. The molecule has 0 bridgehead atoms. The number of nitro benzene ring substituents is 1. The molecule has 20 heavy (non-hydrogen) atoms. The molecule has 1 fully saturated rings. The molecule has 1 saturated carbocycles. The maximum absolute atomic E-state index is 11.5. The summed E-state index contributed by atoms with van der Waals surface area (Å²) in [5, 5.41) is 16.7. The fraction of sp³-hybridized carbons (Fsp3) is 0.500. The van der Waals surface area contributed by atoms with Crippen LogP contribution in [-0.4, -0.2) is 24.4 Å². The second-order valence-electron chi connectivity index (χ2n) is 5.59. The van der Waals surface area contributed by atoms with Crippen molar-refractivity contribution in [2.45, 2.75) is 26.2 Å². The van der Waals surface area contributed by atoms with Crippen LogP contribution in [-0.2, 0) is 0 Å². The van der Waals surface area contributed by atoms with Gasteiger partial charge in [0, 0.05) is 25.2 Å². The third kappa shape index (κ3) is 2.89. The van der Waals surface area contributed by atoms with Crippen molar-refractivity contribution in [1.29, 1.82) is 0 Å². The Bertz CT molecular complexity index is 538. The quantitative estimate of drug-likeness (QED) is 0.640. The molecule has 0 aromatic heterocycles. The van der Waals surface area contributed by atoms with Crippen LogP contribution < -0.4 is 10.6 Å². The molecule has 0 radical (unpaired) electrons. The predicted molar refractivity (Wildman–Crippen MR) is 76.9 cm³/mol. The molecular formula is C14H19N3O3. The van der Waals surface area contributed by atoms with Crippen molar-refractivity contribution in [3.05, 3.63) is 33.9 Å². The van der Waals surface area contributed by atoms with E-state index >= 15 is 0 Å². The van der Waals surface area contributed by atoms with Gasteiger partial charge in [0.2, 0.25) is 0 Å². The van der Waals surface area contributed by atoms with Gasteiger partial charge in [-0.3, -0.25) is 14.9 Å². The SMILES string of the molecule is CNC(=O)c1ccc(NCC2(C)CCC2)c([N+](=O)[O-])c1. The van der Waals surface area contributed by atoms with E-state index in [9.17, 15) is 14.9 Å². The Kier molecular flexibility index (Phi) is 3.92. The number of nitro groups is 1. The van der Waals surface area contributed by atoms with Crippen LogP contribution in [0.3, 0.4) is 0 Å². The first-order valence-electron chi connectivity index (χ1n) is 6.70. The predicted octanol–water partition coefficient (Wildman–Crippen LogP) is 2.56. The number of carbonyl (C=O) groups is 1. The van der Waals surface area contributed by atoms with Gasteiger partial charge in [0.1, 0.15) is 5.69 Å². The van der Waals surface area contributed by atoms with Gasteiger partial charge in [0.25, 0.3) is 11.6 Å². The van der Waals surface area contributed by atoms with Gasteiger partial charge in [-0.1, -0.05) is 13.3 Å². The summed E-state index contributed by atoms with van der Waals surface area (Å²) in [7, 11) is 1.50. The van der Waals surface area contributed by atoms with Crippen molar-refractivity contribution in [2.75, 3.05) is 18.9 Å². The van der Waals surface area contributed by atoms with E-state index in [2.05, 4.69) is 17.6 Å². The van der Waals surface area contributed by atoms with Crippen molar-refractivity contribution < 1.29 is 9.72 Å². The van der Waals surface area contributed by atoms with Crippen LogP contribution in [0.5, 0.6) is 0 Å². The number of anilines is 1. The maximum Gasteiger partial charge on any atom is 0.293 e. The molecule has 108 valence electrons. The van der Waals surface area contributed by atoms with E-state index in [-0.39, 0.29) is 17.0 Å². The molecule has 1 aliphatic carbocycles. The number of nitrogens with one attached hydrogen (secondary N) is 2. The Balaban J connectivity index is 2.19. The summed E-state index contributed by atoms with van der Waals surface area (Å²) in [6.45, 7) is 2.89. The summed E-state index contributed by atoms with van der Waals surface area (Å²) in [4.78, 5) is 22.2. The van der Waals surface area contributed by atoms with Gasteiger partial charge < -0.3 is 10.6 Å². The van der Waals surface area contributed by atoms with Gasteiger partial charge >= 0.3 is 0 Å². The standard InChI is InChI=1S/C14H19N3O3/c1-14(6-3-7-14)9-16-11-5-4-10(13(18)15-2)8-12(11)17(19)20/h4-5,8,16H,3,6-7,9H2,1-2H3,(H,15,18). The highest BCUT2D eigenvalue weighted by Crippen LogP contribution is 2.40. The lowest BCUT2D eigenvalue weighted by Crippen LogP contribution is -2.33. The minimum atomic E-state index is -0.460. The zero-order valence-electron chi connectivity index (χ0n) is 11.7. The lowest BCUT2D eigenvalue weighted by atomic mass is 9.70. The van der Waals surface area contributed by atoms with Gasteiger partial charge in [0.15, 0.2) is 0 Å². The number of carbonyl (C=O) groups excluding carboxylic acids is 1. The zero-order chi connectivity index (χ0) is 14.8. The van der Waals surface area contributed by atoms with Crippen molar-refractivity contribution >= 4 is 17.3 Å². The van der Waals surface area contributed by atoms with Crippen molar-refractivity contribution in [2.24, 2.45) is 5.41 Å². The Morgan fingerprint density at radius 3 is 2.65 bits per heavy atom. The van der Waals surface area contributed by atoms with Crippen LogP contribution in [0.15, 0.2) is 18.2 Å². The largest absolute Gasteiger partial charge is 0.379 e. The van der Waals surface area contributed by atoms with E-state index in [1.807, 2.05) is 0 Å².